The lowest BCUT2D eigenvalue weighted by molar-refractivity contribution is 0.446. The normalized spacial score (nSPS) is 19.3. The standard InChI is InChI=1S/C15H24N4/c1-4-9-16-15-17-12(3)11-14(18-15)19-10-7-6-8-13(19)5-2/h4,11,13H,1,5-10H2,2-3H3,(H,16,17,18). The summed E-state index contributed by atoms with van der Waals surface area (Å²) >= 11 is 0. The number of hydrogen-bond donors (Lipinski definition) is 1. The number of anilines is 2. The van der Waals surface area contributed by atoms with Crippen molar-refractivity contribution in [2.45, 2.75) is 45.6 Å². The molecule has 2 rings (SSSR count). The van der Waals surface area contributed by atoms with Crippen molar-refractivity contribution in [2.75, 3.05) is 23.3 Å². The molecule has 2 heterocycles. The van der Waals surface area contributed by atoms with Crippen LogP contribution in [-0.4, -0.2) is 29.1 Å². The van der Waals surface area contributed by atoms with Crippen molar-refractivity contribution >= 4 is 11.8 Å². The van der Waals surface area contributed by atoms with Crippen LogP contribution >= 0.6 is 0 Å². The maximum absolute atomic E-state index is 4.65. The summed E-state index contributed by atoms with van der Waals surface area (Å²) in [6, 6.07) is 2.71. The Morgan fingerprint density at radius 2 is 2.32 bits per heavy atom. The molecule has 0 aromatic carbocycles. The highest BCUT2D eigenvalue weighted by molar-refractivity contribution is 5.46. The van der Waals surface area contributed by atoms with Gasteiger partial charge in [0.15, 0.2) is 0 Å². The SMILES string of the molecule is C=CCNc1nc(C)cc(N2CCCCC2CC)n1. The lowest BCUT2D eigenvalue weighted by Gasteiger charge is -2.36. The quantitative estimate of drug-likeness (QED) is 0.826. The molecule has 0 saturated carbocycles. The summed E-state index contributed by atoms with van der Waals surface area (Å²) in [4.78, 5) is 11.5. The van der Waals surface area contributed by atoms with Gasteiger partial charge in [-0.2, -0.15) is 4.98 Å². The van der Waals surface area contributed by atoms with Crippen molar-refractivity contribution in [3.63, 3.8) is 0 Å². The zero-order valence-corrected chi connectivity index (χ0v) is 12.0. The number of piperidine rings is 1. The van der Waals surface area contributed by atoms with Gasteiger partial charge in [0.25, 0.3) is 0 Å². The van der Waals surface area contributed by atoms with Gasteiger partial charge in [0.1, 0.15) is 5.82 Å². The van der Waals surface area contributed by atoms with Crippen LogP contribution in [0.25, 0.3) is 0 Å². The fraction of sp³-hybridized carbons (Fsp3) is 0.600. The van der Waals surface area contributed by atoms with Gasteiger partial charge in [0, 0.05) is 30.9 Å². The van der Waals surface area contributed by atoms with E-state index >= 15 is 0 Å². The number of aromatic nitrogens is 2. The summed E-state index contributed by atoms with van der Waals surface area (Å²) < 4.78 is 0. The second-order valence-electron chi connectivity index (χ2n) is 5.11. The number of rotatable bonds is 5. The van der Waals surface area contributed by atoms with Gasteiger partial charge in [0.2, 0.25) is 5.95 Å². The molecule has 1 unspecified atom stereocenters. The van der Waals surface area contributed by atoms with Crippen molar-refractivity contribution in [1.29, 1.82) is 0 Å². The van der Waals surface area contributed by atoms with Crippen molar-refractivity contribution in [3.05, 3.63) is 24.4 Å². The van der Waals surface area contributed by atoms with Crippen LogP contribution in [0.3, 0.4) is 0 Å². The largest absolute Gasteiger partial charge is 0.353 e. The third-order valence-corrected chi connectivity index (χ3v) is 3.64. The van der Waals surface area contributed by atoms with Crippen molar-refractivity contribution in [2.24, 2.45) is 0 Å². The Morgan fingerprint density at radius 3 is 3.05 bits per heavy atom. The van der Waals surface area contributed by atoms with E-state index in [0.29, 0.717) is 18.5 Å². The van der Waals surface area contributed by atoms with Gasteiger partial charge in [-0.3, -0.25) is 0 Å². The Balaban J connectivity index is 2.21. The minimum atomic E-state index is 0.621. The third-order valence-electron chi connectivity index (χ3n) is 3.64. The zero-order chi connectivity index (χ0) is 13.7. The maximum Gasteiger partial charge on any atom is 0.225 e. The first-order valence-electron chi connectivity index (χ1n) is 7.21. The second kappa shape index (κ2) is 6.55. The van der Waals surface area contributed by atoms with Crippen LogP contribution < -0.4 is 10.2 Å². The number of nitrogens with zero attached hydrogens (tertiary/aromatic N) is 3. The first-order chi connectivity index (χ1) is 9.24. The van der Waals surface area contributed by atoms with E-state index in [9.17, 15) is 0 Å². The van der Waals surface area contributed by atoms with Gasteiger partial charge in [-0.05, 0) is 32.6 Å². The van der Waals surface area contributed by atoms with E-state index < -0.39 is 0 Å². The molecule has 1 aromatic rings. The molecule has 4 nitrogen and oxygen atoms in total. The Bertz CT molecular complexity index is 430. The smallest absolute Gasteiger partial charge is 0.225 e. The molecule has 0 radical (unpaired) electrons. The molecule has 0 amide bonds. The molecular formula is C15H24N4. The molecule has 0 spiro atoms. The van der Waals surface area contributed by atoms with Gasteiger partial charge in [-0.15, -0.1) is 6.58 Å². The van der Waals surface area contributed by atoms with E-state index in [1.807, 2.05) is 13.0 Å². The number of hydrogen-bond acceptors (Lipinski definition) is 4. The average molecular weight is 260 g/mol. The van der Waals surface area contributed by atoms with Crippen molar-refractivity contribution in [3.8, 4) is 0 Å². The van der Waals surface area contributed by atoms with E-state index in [4.69, 9.17) is 0 Å². The molecule has 1 atom stereocenters. The van der Waals surface area contributed by atoms with Crippen molar-refractivity contribution < 1.29 is 0 Å². The Morgan fingerprint density at radius 1 is 1.47 bits per heavy atom. The molecule has 19 heavy (non-hydrogen) atoms. The van der Waals surface area contributed by atoms with E-state index in [0.717, 1.165) is 18.1 Å². The molecule has 0 bridgehead atoms. The summed E-state index contributed by atoms with van der Waals surface area (Å²) in [6.45, 7) is 9.79. The highest BCUT2D eigenvalue weighted by atomic mass is 15.2. The topological polar surface area (TPSA) is 41.1 Å². The van der Waals surface area contributed by atoms with Gasteiger partial charge in [-0.1, -0.05) is 13.0 Å². The molecule has 0 aliphatic carbocycles. The van der Waals surface area contributed by atoms with Crippen LogP contribution in [0.4, 0.5) is 11.8 Å². The van der Waals surface area contributed by atoms with Crippen LogP contribution in [0.15, 0.2) is 18.7 Å². The molecule has 104 valence electrons. The highest BCUT2D eigenvalue weighted by Gasteiger charge is 2.22. The van der Waals surface area contributed by atoms with Crippen LogP contribution in [0, 0.1) is 6.92 Å². The Kier molecular flexibility index (Phi) is 4.77. The Hall–Kier alpha value is -1.58. The number of nitrogens with one attached hydrogen (secondary N) is 1. The predicted molar refractivity (Wildman–Crippen MR) is 80.7 cm³/mol. The third kappa shape index (κ3) is 3.46. The Labute approximate surface area is 115 Å². The fourth-order valence-electron chi connectivity index (χ4n) is 2.67. The van der Waals surface area contributed by atoms with Gasteiger partial charge < -0.3 is 10.2 Å². The highest BCUT2D eigenvalue weighted by Crippen LogP contribution is 2.26. The molecule has 4 heteroatoms. The summed E-state index contributed by atoms with van der Waals surface area (Å²) in [5.41, 5.74) is 1.01. The summed E-state index contributed by atoms with van der Waals surface area (Å²) in [6.07, 6.45) is 6.87. The summed E-state index contributed by atoms with van der Waals surface area (Å²) in [5.74, 6) is 1.76. The number of aryl methyl sites for hydroxylation is 1. The fourth-order valence-corrected chi connectivity index (χ4v) is 2.67. The molecular weight excluding hydrogens is 236 g/mol. The molecule has 1 saturated heterocycles. The lowest BCUT2D eigenvalue weighted by atomic mass is 10.00. The molecule has 1 N–H and O–H groups in total. The zero-order valence-electron chi connectivity index (χ0n) is 12.0. The first kappa shape index (κ1) is 13.8. The first-order valence-corrected chi connectivity index (χ1v) is 7.21. The van der Waals surface area contributed by atoms with Gasteiger partial charge >= 0.3 is 0 Å². The minimum absolute atomic E-state index is 0.621. The molecule has 1 fully saturated rings. The van der Waals surface area contributed by atoms with Gasteiger partial charge in [0.05, 0.1) is 0 Å². The van der Waals surface area contributed by atoms with Crippen LogP contribution in [-0.2, 0) is 0 Å². The van der Waals surface area contributed by atoms with E-state index in [2.05, 4.69) is 39.8 Å². The van der Waals surface area contributed by atoms with E-state index in [-0.39, 0.29) is 0 Å². The maximum atomic E-state index is 4.65. The monoisotopic (exact) mass is 260 g/mol. The second-order valence-corrected chi connectivity index (χ2v) is 5.11. The predicted octanol–water partition coefficient (Wildman–Crippen LogP) is 3.15. The lowest BCUT2D eigenvalue weighted by Crippen LogP contribution is -2.39. The van der Waals surface area contributed by atoms with E-state index in [1.165, 1.54) is 25.7 Å². The molecule has 1 aromatic heterocycles. The summed E-state index contributed by atoms with van der Waals surface area (Å²) in [7, 11) is 0. The van der Waals surface area contributed by atoms with E-state index in [1.54, 1.807) is 0 Å². The van der Waals surface area contributed by atoms with Crippen LogP contribution in [0.2, 0.25) is 0 Å². The van der Waals surface area contributed by atoms with Crippen molar-refractivity contribution in [1.82, 2.24) is 9.97 Å². The van der Waals surface area contributed by atoms with Crippen LogP contribution in [0.1, 0.15) is 38.3 Å². The van der Waals surface area contributed by atoms with Crippen LogP contribution in [0.5, 0.6) is 0 Å². The van der Waals surface area contributed by atoms with Gasteiger partial charge in [-0.25, -0.2) is 4.98 Å². The average Bonchev–Trinajstić information content (AvgIpc) is 2.44. The minimum Gasteiger partial charge on any atom is -0.353 e. The summed E-state index contributed by atoms with van der Waals surface area (Å²) in [5, 5.41) is 3.18. The molecule has 1 aliphatic rings. The molecule has 1 aliphatic heterocycles.